The van der Waals surface area contributed by atoms with Crippen molar-refractivity contribution in [2.24, 2.45) is 0 Å². The zero-order chi connectivity index (χ0) is 21.0. The molecular weight excluding hydrogens is 381 g/mol. The number of aromatic nitrogens is 1. The van der Waals surface area contributed by atoms with E-state index in [0.29, 0.717) is 19.1 Å². The summed E-state index contributed by atoms with van der Waals surface area (Å²) in [5, 5.41) is 3.28. The average Bonchev–Trinajstić information content (AvgIpc) is 3.53. The van der Waals surface area contributed by atoms with Crippen molar-refractivity contribution in [1.29, 1.82) is 0 Å². The number of rotatable bonds is 9. The highest BCUT2D eigenvalue weighted by molar-refractivity contribution is 5.34. The second kappa shape index (κ2) is 9.13. The summed E-state index contributed by atoms with van der Waals surface area (Å²) in [7, 11) is 1.60. The standard InChI is InChI=1S/C22H27F3N2O2/c1-3-17(26-13-29-2)12-19(15-6-8-16(9-7-15)22(23,24)25)20-11-10-18(14-4-5-14)21(28)27-20/h6-11,14,17,19,26H,3-5,12-13H2,1-2H3,(H,27,28)/t17-,19?/m1/s1. The normalized spacial score (nSPS) is 16.6. The van der Waals surface area contributed by atoms with Crippen LogP contribution in [0.5, 0.6) is 0 Å². The van der Waals surface area contributed by atoms with Crippen LogP contribution in [0.15, 0.2) is 41.2 Å². The Labute approximate surface area is 168 Å². The van der Waals surface area contributed by atoms with E-state index in [-0.39, 0.29) is 17.5 Å². The van der Waals surface area contributed by atoms with Gasteiger partial charge in [-0.05, 0) is 55.4 Å². The van der Waals surface area contributed by atoms with Crippen molar-refractivity contribution in [3.63, 3.8) is 0 Å². The minimum absolute atomic E-state index is 0.0915. The molecule has 2 atom stereocenters. The Morgan fingerprint density at radius 1 is 1.17 bits per heavy atom. The van der Waals surface area contributed by atoms with Crippen molar-refractivity contribution in [2.45, 2.75) is 56.7 Å². The molecule has 1 aromatic heterocycles. The molecule has 158 valence electrons. The zero-order valence-corrected chi connectivity index (χ0v) is 16.7. The number of hydrogen-bond acceptors (Lipinski definition) is 3. The van der Waals surface area contributed by atoms with Gasteiger partial charge in [0.25, 0.3) is 5.56 Å². The molecule has 0 amide bonds. The highest BCUT2D eigenvalue weighted by Crippen LogP contribution is 2.39. The van der Waals surface area contributed by atoms with E-state index in [1.165, 1.54) is 12.1 Å². The fourth-order valence-electron chi connectivity index (χ4n) is 3.65. The van der Waals surface area contributed by atoms with Crippen LogP contribution in [0, 0.1) is 0 Å². The number of hydrogen-bond donors (Lipinski definition) is 2. The van der Waals surface area contributed by atoms with E-state index in [1.807, 2.05) is 19.1 Å². The van der Waals surface area contributed by atoms with Gasteiger partial charge in [0.1, 0.15) is 0 Å². The molecule has 0 aliphatic heterocycles. The number of H-pyrrole nitrogens is 1. The van der Waals surface area contributed by atoms with Gasteiger partial charge in [-0.3, -0.25) is 10.1 Å². The van der Waals surface area contributed by atoms with Crippen molar-refractivity contribution in [3.05, 3.63) is 69.1 Å². The van der Waals surface area contributed by atoms with Crippen LogP contribution in [-0.4, -0.2) is 24.9 Å². The van der Waals surface area contributed by atoms with Gasteiger partial charge in [0.2, 0.25) is 0 Å². The van der Waals surface area contributed by atoms with Crippen LogP contribution < -0.4 is 10.9 Å². The second-order valence-corrected chi connectivity index (χ2v) is 7.62. The number of halogens is 3. The molecule has 1 unspecified atom stereocenters. The minimum atomic E-state index is -4.37. The Bertz CT molecular complexity index is 858. The molecule has 0 saturated heterocycles. The highest BCUT2D eigenvalue weighted by atomic mass is 19.4. The molecule has 0 spiro atoms. The number of methoxy groups -OCH3 is 1. The first-order chi connectivity index (χ1) is 13.8. The van der Waals surface area contributed by atoms with Gasteiger partial charge in [-0.15, -0.1) is 0 Å². The van der Waals surface area contributed by atoms with E-state index >= 15 is 0 Å². The van der Waals surface area contributed by atoms with E-state index in [9.17, 15) is 18.0 Å². The fourth-order valence-corrected chi connectivity index (χ4v) is 3.65. The monoisotopic (exact) mass is 408 g/mol. The summed E-state index contributed by atoms with van der Waals surface area (Å²) in [5.74, 6) is 0.108. The van der Waals surface area contributed by atoms with E-state index < -0.39 is 11.7 Å². The van der Waals surface area contributed by atoms with Crippen LogP contribution in [-0.2, 0) is 10.9 Å². The molecule has 3 rings (SSSR count). The third-order valence-corrected chi connectivity index (χ3v) is 5.52. The Morgan fingerprint density at radius 2 is 1.86 bits per heavy atom. The lowest BCUT2D eigenvalue weighted by Gasteiger charge is -2.25. The molecular formula is C22H27F3N2O2. The molecule has 2 N–H and O–H groups in total. The zero-order valence-electron chi connectivity index (χ0n) is 16.7. The molecule has 29 heavy (non-hydrogen) atoms. The number of alkyl halides is 3. The van der Waals surface area contributed by atoms with E-state index in [1.54, 1.807) is 7.11 Å². The Balaban J connectivity index is 1.92. The summed E-state index contributed by atoms with van der Waals surface area (Å²) < 4.78 is 44.0. The molecule has 1 aromatic carbocycles. The van der Waals surface area contributed by atoms with Crippen LogP contribution in [0.1, 0.15) is 66.8 Å². The maximum Gasteiger partial charge on any atom is 0.416 e. The molecule has 1 heterocycles. The van der Waals surface area contributed by atoms with E-state index in [2.05, 4.69) is 10.3 Å². The van der Waals surface area contributed by atoms with Crippen LogP contribution in [0.3, 0.4) is 0 Å². The van der Waals surface area contributed by atoms with Gasteiger partial charge in [-0.25, -0.2) is 0 Å². The molecule has 1 aliphatic rings. The van der Waals surface area contributed by atoms with Gasteiger partial charge in [0.05, 0.1) is 12.3 Å². The largest absolute Gasteiger partial charge is 0.416 e. The van der Waals surface area contributed by atoms with Gasteiger partial charge < -0.3 is 9.72 Å². The summed E-state index contributed by atoms with van der Waals surface area (Å²) in [6, 6.07) is 9.07. The van der Waals surface area contributed by atoms with Crippen molar-refractivity contribution >= 4 is 0 Å². The van der Waals surface area contributed by atoms with Crippen LogP contribution in [0.2, 0.25) is 0 Å². The second-order valence-electron chi connectivity index (χ2n) is 7.62. The van der Waals surface area contributed by atoms with E-state index in [4.69, 9.17) is 4.74 Å². The van der Waals surface area contributed by atoms with Crippen molar-refractivity contribution in [2.75, 3.05) is 13.8 Å². The summed E-state index contributed by atoms with van der Waals surface area (Å²) in [6.07, 6.45) is -0.859. The predicted molar refractivity (Wildman–Crippen MR) is 106 cm³/mol. The third kappa shape index (κ3) is 5.48. The number of pyridine rings is 1. The van der Waals surface area contributed by atoms with Gasteiger partial charge in [-0.2, -0.15) is 13.2 Å². The Kier molecular flexibility index (Phi) is 6.80. The van der Waals surface area contributed by atoms with Crippen molar-refractivity contribution < 1.29 is 17.9 Å². The molecule has 0 bridgehead atoms. The van der Waals surface area contributed by atoms with Crippen LogP contribution in [0.25, 0.3) is 0 Å². The maximum absolute atomic E-state index is 13.0. The molecule has 0 radical (unpaired) electrons. The first-order valence-electron chi connectivity index (χ1n) is 9.96. The molecule has 4 nitrogen and oxygen atoms in total. The Hall–Kier alpha value is -2.12. The van der Waals surface area contributed by atoms with Gasteiger partial charge in [-0.1, -0.05) is 25.1 Å². The van der Waals surface area contributed by atoms with E-state index in [0.717, 1.165) is 48.2 Å². The highest BCUT2D eigenvalue weighted by Gasteiger charge is 2.31. The van der Waals surface area contributed by atoms with Crippen LogP contribution >= 0.6 is 0 Å². The number of aromatic amines is 1. The molecule has 1 fully saturated rings. The number of nitrogens with one attached hydrogen (secondary N) is 2. The van der Waals surface area contributed by atoms with Gasteiger partial charge in [0, 0.05) is 30.3 Å². The van der Waals surface area contributed by atoms with Gasteiger partial charge in [0.15, 0.2) is 0 Å². The summed E-state index contributed by atoms with van der Waals surface area (Å²) in [6.45, 7) is 2.42. The average molecular weight is 408 g/mol. The summed E-state index contributed by atoms with van der Waals surface area (Å²) in [5.41, 5.74) is 1.48. The smallest absolute Gasteiger partial charge is 0.370 e. The third-order valence-electron chi connectivity index (χ3n) is 5.52. The van der Waals surface area contributed by atoms with Crippen molar-refractivity contribution in [1.82, 2.24) is 10.3 Å². The SMILES string of the molecule is CC[C@H](CC(c1ccc(C(F)(F)F)cc1)c1ccc(C2CC2)c(=O)[nH]1)NCOC. The number of ether oxygens (including phenoxy) is 1. The summed E-state index contributed by atoms with van der Waals surface area (Å²) >= 11 is 0. The molecule has 1 saturated carbocycles. The first-order valence-corrected chi connectivity index (χ1v) is 9.96. The molecule has 1 aliphatic carbocycles. The number of benzene rings is 1. The fraction of sp³-hybridized carbons (Fsp3) is 0.500. The van der Waals surface area contributed by atoms with Crippen LogP contribution in [0.4, 0.5) is 13.2 Å². The van der Waals surface area contributed by atoms with Crippen molar-refractivity contribution in [3.8, 4) is 0 Å². The maximum atomic E-state index is 13.0. The molecule has 7 heteroatoms. The predicted octanol–water partition coefficient (Wildman–Crippen LogP) is 4.77. The van der Waals surface area contributed by atoms with Gasteiger partial charge >= 0.3 is 6.18 Å². The minimum Gasteiger partial charge on any atom is -0.370 e. The first kappa shape index (κ1) is 21.6. The lowest BCUT2D eigenvalue weighted by Crippen LogP contribution is -2.32. The Morgan fingerprint density at radius 3 is 2.38 bits per heavy atom. The lowest BCUT2D eigenvalue weighted by molar-refractivity contribution is -0.137. The topological polar surface area (TPSA) is 54.1 Å². The summed E-state index contributed by atoms with van der Waals surface area (Å²) in [4.78, 5) is 15.5. The molecule has 2 aromatic rings. The quantitative estimate of drug-likeness (QED) is 0.588. The lowest BCUT2D eigenvalue weighted by atomic mass is 9.87.